The van der Waals surface area contributed by atoms with Gasteiger partial charge in [0.15, 0.2) is 0 Å². The number of hydrogen-bond acceptors (Lipinski definition) is 7. The minimum atomic E-state index is -0.903. The normalized spacial score (nSPS) is 10.8. The number of rotatable bonds is 10. The summed E-state index contributed by atoms with van der Waals surface area (Å²) in [6.07, 6.45) is 3.79. The minimum absolute atomic E-state index is 0.0978. The van der Waals surface area contributed by atoms with Gasteiger partial charge in [0.25, 0.3) is 0 Å². The van der Waals surface area contributed by atoms with Gasteiger partial charge in [0.1, 0.15) is 29.2 Å². The summed E-state index contributed by atoms with van der Waals surface area (Å²) in [4.78, 5) is 19.8. The number of ether oxygens (including phenoxy) is 2. The zero-order valence-electron chi connectivity index (χ0n) is 18.5. The molecule has 8 heteroatoms. The number of carboxylic acids is 1. The molecule has 170 valence electrons. The second kappa shape index (κ2) is 10.0. The van der Waals surface area contributed by atoms with Gasteiger partial charge in [0.2, 0.25) is 0 Å². The van der Waals surface area contributed by atoms with Gasteiger partial charge in [-0.05, 0) is 43.2 Å². The van der Waals surface area contributed by atoms with E-state index < -0.39 is 5.97 Å². The largest absolute Gasteiger partial charge is 0.496 e. The Labute approximate surface area is 191 Å². The topological polar surface area (TPSA) is 107 Å². The molecule has 0 aliphatic heterocycles. The summed E-state index contributed by atoms with van der Waals surface area (Å²) in [5.41, 5.74) is 4.03. The van der Waals surface area contributed by atoms with Crippen molar-refractivity contribution in [1.29, 1.82) is 0 Å². The predicted molar refractivity (Wildman–Crippen MR) is 125 cm³/mol. The van der Waals surface area contributed by atoms with Gasteiger partial charge in [-0.1, -0.05) is 12.1 Å². The molecule has 2 heterocycles. The molecule has 2 N–H and O–H groups in total. The standard InChI is InChI=1S/C25H25N3O5/c1-3-32-22-10-16(4-5-17(22)13-25(29)30)20-14-24(28-15-27-20)26-8-6-18-12-23-19(7-9-33-23)11-21(18)31-2/h4-5,7,9-12,14-15H,3,6,8,13H2,1-2H3,(H,29,30)(H,26,27,28). The third kappa shape index (κ3) is 5.23. The average molecular weight is 447 g/mol. The summed E-state index contributed by atoms with van der Waals surface area (Å²) in [5.74, 6) is 1.15. The number of methoxy groups -OCH3 is 1. The van der Waals surface area contributed by atoms with Crippen molar-refractivity contribution in [3.63, 3.8) is 0 Å². The number of carbonyl (C=O) groups is 1. The number of aliphatic carboxylic acids is 1. The maximum atomic E-state index is 11.1. The Kier molecular flexibility index (Phi) is 6.73. The monoisotopic (exact) mass is 447 g/mol. The molecule has 0 unspecified atom stereocenters. The molecule has 0 amide bonds. The Hall–Kier alpha value is -4.07. The van der Waals surface area contributed by atoms with Crippen LogP contribution in [0.2, 0.25) is 0 Å². The Morgan fingerprint density at radius 2 is 1.97 bits per heavy atom. The van der Waals surface area contributed by atoms with E-state index in [0.29, 0.717) is 36.0 Å². The van der Waals surface area contributed by atoms with E-state index in [0.717, 1.165) is 34.3 Å². The lowest BCUT2D eigenvalue weighted by atomic mass is 10.1. The van der Waals surface area contributed by atoms with Crippen molar-refractivity contribution < 1.29 is 23.8 Å². The summed E-state index contributed by atoms with van der Waals surface area (Å²) in [6.45, 7) is 2.95. The highest BCUT2D eigenvalue weighted by Crippen LogP contribution is 2.29. The van der Waals surface area contributed by atoms with Crippen LogP contribution in [0.1, 0.15) is 18.1 Å². The van der Waals surface area contributed by atoms with Crippen LogP contribution in [-0.2, 0) is 17.6 Å². The molecule has 4 aromatic rings. The molecular formula is C25H25N3O5. The second-order valence-corrected chi connectivity index (χ2v) is 7.41. The molecule has 0 fully saturated rings. The fourth-order valence-corrected chi connectivity index (χ4v) is 3.67. The van der Waals surface area contributed by atoms with Gasteiger partial charge in [-0.2, -0.15) is 0 Å². The number of nitrogens with zero attached hydrogens (tertiary/aromatic N) is 2. The Morgan fingerprint density at radius 1 is 1.09 bits per heavy atom. The molecule has 0 aliphatic rings. The Bertz CT molecular complexity index is 1270. The number of nitrogens with one attached hydrogen (secondary N) is 1. The van der Waals surface area contributed by atoms with Crippen molar-refractivity contribution in [2.45, 2.75) is 19.8 Å². The van der Waals surface area contributed by atoms with Crippen LogP contribution in [0.5, 0.6) is 11.5 Å². The van der Waals surface area contributed by atoms with Crippen molar-refractivity contribution in [2.75, 3.05) is 25.6 Å². The Balaban J connectivity index is 1.48. The first-order valence-electron chi connectivity index (χ1n) is 10.6. The van der Waals surface area contributed by atoms with Gasteiger partial charge in [0.05, 0.1) is 32.1 Å². The fraction of sp³-hybridized carbons (Fsp3) is 0.240. The molecule has 33 heavy (non-hydrogen) atoms. The molecule has 0 bridgehead atoms. The molecule has 0 saturated heterocycles. The third-order valence-electron chi connectivity index (χ3n) is 5.23. The zero-order valence-corrected chi connectivity index (χ0v) is 18.5. The summed E-state index contributed by atoms with van der Waals surface area (Å²) in [7, 11) is 1.66. The van der Waals surface area contributed by atoms with E-state index in [-0.39, 0.29) is 6.42 Å². The molecule has 2 aromatic carbocycles. The van der Waals surface area contributed by atoms with Gasteiger partial charge in [0, 0.05) is 29.1 Å². The van der Waals surface area contributed by atoms with E-state index in [1.165, 1.54) is 6.33 Å². The highest BCUT2D eigenvalue weighted by molar-refractivity contribution is 5.80. The van der Waals surface area contributed by atoms with Crippen molar-refractivity contribution in [1.82, 2.24) is 9.97 Å². The van der Waals surface area contributed by atoms with E-state index in [2.05, 4.69) is 15.3 Å². The molecule has 0 aliphatic carbocycles. The molecule has 0 spiro atoms. The van der Waals surface area contributed by atoms with Crippen LogP contribution < -0.4 is 14.8 Å². The first kappa shape index (κ1) is 22.1. The fourth-order valence-electron chi connectivity index (χ4n) is 3.67. The minimum Gasteiger partial charge on any atom is -0.496 e. The first-order valence-corrected chi connectivity index (χ1v) is 10.6. The van der Waals surface area contributed by atoms with E-state index in [1.807, 2.05) is 43.3 Å². The number of fused-ring (bicyclic) bond motifs is 1. The van der Waals surface area contributed by atoms with Crippen LogP contribution in [0, 0.1) is 0 Å². The van der Waals surface area contributed by atoms with Crippen LogP contribution in [0.15, 0.2) is 59.5 Å². The molecular weight excluding hydrogens is 422 g/mol. The number of hydrogen-bond donors (Lipinski definition) is 2. The van der Waals surface area contributed by atoms with E-state index in [1.54, 1.807) is 19.4 Å². The number of anilines is 1. The van der Waals surface area contributed by atoms with E-state index in [4.69, 9.17) is 19.0 Å². The SMILES string of the molecule is CCOc1cc(-c2cc(NCCc3cc4occc4cc3OC)ncn2)ccc1CC(=O)O. The maximum absolute atomic E-state index is 11.1. The lowest BCUT2D eigenvalue weighted by Gasteiger charge is -2.12. The number of benzene rings is 2. The van der Waals surface area contributed by atoms with Crippen LogP contribution >= 0.6 is 0 Å². The van der Waals surface area contributed by atoms with E-state index in [9.17, 15) is 4.79 Å². The maximum Gasteiger partial charge on any atom is 0.307 e. The highest BCUT2D eigenvalue weighted by atomic mass is 16.5. The summed E-state index contributed by atoms with van der Waals surface area (Å²) in [6, 6.07) is 13.2. The molecule has 2 aromatic heterocycles. The number of furan rings is 1. The highest BCUT2D eigenvalue weighted by Gasteiger charge is 2.12. The lowest BCUT2D eigenvalue weighted by molar-refractivity contribution is -0.136. The van der Waals surface area contributed by atoms with Crippen molar-refractivity contribution >= 4 is 22.8 Å². The van der Waals surface area contributed by atoms with Crippen molar-refractivity contribution in [3.8, 4) is 22.8 Å². The summed E-state index contributed by atoms with van der Waals surface area (Å²) < 4.78 is 16.7. The smallest absolute Gasteiger partial charge is 0.307 e. The van der Waals surface area contributed by atoms with Crippen LogP contribution in [0.4, 0.5) is 5.82 Å². The van der Waals surface area contributed by atoms with E-state index >= 15 is 0 Å². The quantitative estimate of drug-likeness (QED) is 0.364. The van der Waals surface area contributed by atoms with Gasteiger partial charge in [-0.25, -0.2) is 9.97 Å². The Morgan fingerprint density at radius 3 is 2.76 bits per heavy atom. The van der Waals surface area contributed by atoms with Crippen LogP contribution in [0.25, 0.3) is 22.2 Å². The van der Waals surface area contributed by atoms with Gasteiger partial charge >= 0.3 is 5.97 Å². The third-order valence-corrected chi connectivity index (χ3v) is 5.23. The van der Waals surface area contributed by atoms with Crippen LogP contribution in [-0.4, -0.2) is 41.3 Å². The predicted octanol–water partition coefficient (Wildman–Crippen LogP) is 4.58. The second-order valence-electron chi connectivity index (χ2n) is 7.41. The number of carboxylic acid groups (broad SMARTS) is 1. The van der Waals surface area contributed by atoms with Crippen LogP contribution in [0.3, 0.4) is 0 Å². The molecule has 0 radical (unpaired) electrons. The molecule has 0 atom stereocenters. The number of aromatic nitrogens is 2. The van der Waals surface area contributed by atoms with Crippen molar-refractivity contribution in [3.05, 3.63) is 66.2 Å². The summed E-state index contributed by atoms with van der Waals surface area (Å²) >= 11 is 0. The first-order chi connectivity index (χ1) is 16.1. The zero-order chi connectivity index (χ0) is 23.2. The molecule has 4 rings (SSSR count). The van der Waals surface area contributed by atoms with Gasteiger partial charge in [-0.15, -0.1) is 0 Å². The molecule has 0 saturated carbocycles. The summed E-state index contributed by atoms with van der Waals surface area (Å²) in [5, 5.41) is 13.5. The lowest BCUT2D eigenvalue weighted by Crippen LogP contribution is -2.08. The van der Waals surface area contributed by atoms with Gasteiger partial charge in [-0.3, -0.25) is 4.79 Å². The van der Waals surface area contributed by atoms with Gasteiger partial charge < -0.3 is 24.3 Å². The molecule has 8 nitrogen and oxygen atoms in total. The average Bonchev–Trinajstić information content (AvgIpc) is 3.27. The van der Waals surface area contributed by atoms with Crippen molar-refractivity contribution in [2.24, 2.45) is 0 Å².